The molecule has 0 bridgehead atoms. The first-order valence-electron chi connectivity index (χ1n) is 6.28. The van der Waals surface area contributed by atoms with Crippen molar-refractivity contribution in [3.8, 4) is 0 Å². The van der Waals surface area contributed by atoms with E-state index in [1.165, 1.54) is 6.07 Å². The maximum atomic E-state index is 13.8. The first kappa shape index (κ1) is 13.0. The number of likely N-dealkylation sites (tertiary alicyclic amines) is 1. The van der Waals surface area contributed by atoms with Gasteiger partial charge in [-0.3, -0.25) is 9.69 Å². The van der Waals surface area contributed by atoms with E-state index in [1.54, 1.807) is 12.1 Å². The fourth-order valence-corrected chi connectivity index (χ4v) is 2.69. The molecule has 1 aliphatic heterocycles. The van der Waals surface area contributed by atoms with Crippen LogP contribution in [-0.4, -0.2) is 29.1 Å². The van der Waals surface area contributed by atoms with Crippen LogP contribution in [0.2, 0.25) is 0 Å². The number of benzene rings is 1. The Balaban J connectivity index is 2.14. The van der Waals surface area contributed by atoms with Crippen molar-refractivity contribution in [2.45, 2.75) is 25.8 Å². The van der Waals surface area contributed by atoms with E-state index in [1.807, 2.05) is 6.07 Å². The van der Waals surface area contributed by atoms with Gasteiger partial charge in [0.15, 0.2) is 0 Å². The zero-order chi connectivity index (χ0) is 13.1. The van der Waals surface area contributed by atoms with E-state index >= 15 is 0 Å². The number of hydrogen-bond donors (Lipinski definition) is 1. The molecule has 1 saturated heterocycles. The molecule has 98 valence electrons. The van der Waals surface area contributed by atoms with Gasteiger partial charge in [0.2, 0.25) is 0 Å². The maximum absolute atomic E-state index is 13.8. The summed E-state index contributed by atoms with van der Waals surface area (Å²) in [5.41, 5.74) is 0.687. The van der Waals surface area contributed by atoms with E-state index in [2.05, 4.69) is 11.8 Å². The Kier molecular flexibility index (Phi) is 3.97. The van der Waals surface area contributed by atoms with Crippen molar-refractivity contribution in [1.29, 1.82) is 0 Å². The summed E-state index contributed by atoms with van der Waals surface area (Å²) in [4.78, 5) is 12.7. The zero-order valence-electron chi connectivity index (χ0n) is 10.5. The minimum Gasteiger partial charge on any atom is -0.481 e. The molecular weight excluding hydrogens is 233 g/mol. The summed E-state index contributed by atoms with van der Waals surface area (Å²) < 4.78 is 13.8. The molecule has 1 fully saturated rings. The first-order chi connectivity index (χ1) is 8.58. The normalized spacial score (nSPS) is 24.3. The van der Waals surface area contributed by atoms with Crippen LogP contribution in [0.15, 0.2) is 24.3 Å². The number of nitrogens with zero attached hydrogens (tertiary/aromatic N) is 1. The summed E-state index contributed by atoms with van der Waals surface area (Å²) in [7, 11) is 0. The Morgan fingerprint density at radius 1 is 1.50 bits per heavy atom. The van der Waals surface area contributed by atoms with Crippen LogP contribution in [0.1, 0.15) is 31.4 Å². The number of carboxylic acids is 1. The third-order valence-electron chi connectivity index (χ3n) is 3.49. The molecule has 0 saturated carbocycles. The summed E-state index contributed by atoms with van der Waals surface area (Å²) in [5.74, 6) is -0.526. The summed E-state index contributed by atoms with van der Waals surface area (Å²) >= 11 is 0. The van der Waals surface area contributed by atoms with Gasteiger partial charge in [-0.1, -0.05) is 25.1 Å². The van der Waals surface area contributed by atoms with Crippen molar-refractivity contribution in [2.75, 3.05) is 13.1 Å². The van der Waals surface area contributed by atoms with Crippen molar-refractivity contribution >= 4 is 5.97 Å². The zero-order valence-corrected chi connectivity index (χ0v) is 10.5. The molecule has 18 heavy (non-hydrogen) atoms. The predicted molar refractivity (Wildman–Crippen MR) is 66.7 cm³/mol. The highest BCUT2D eigenvalue weighted by Crippen LogP contribution is 2.36. The van der Waals surface area contributed by atoms with Crippen LogP contribution < -0.4 is 0 Å². The summed E-state index contributed by atoms with van der Waals surface area (Å²) in [6.07, 6.45) is 0.998. The number of aliphatic carboxylic acids is 1. The number of rotatable bonds is 4. The summed E-state index contributed by atoms with van der Waals surface area (Å²) in [5, 5.41) is 8.75. The third-order valence-corrected chi connectivity index (χ3v) is 3.49. The van der Waals surface area contributed by atoms with Gasteiger partial charge >= 0.3 is 5.97 Å². The van der Waals surface area contributed by atoms with Crippen LogP contribution in [-0.2, 0) is 4.79 Å². The Morgan fingerprint density at radius 3 is 2.89 bits per heavy atom. The molecule has 1 aromatic rings. The number of carboxylic acid groups (broad SMARTS) is 1. The molecule has 0 amide bonds. The predicted octanol–water partition coefficient (Wildman–Crippen LogP) is 2.68. The fourth-order valence-electron chi connectivity index (χ4n) is 2.69. The highest BCUT2D eigenvalue weighted by atomic mass is 19.1. The Bertz CT molecular complexity index is 436. The van der Waals surface area contributed by atoms with Gasteiger partial charge in [0, 0.05) is 24.7 Å². The molecule has 1 aromatic carbocycles. The van der Waals surface area contributed by atoms with E-state index in [-0.39, 0.29) is 18.3 Å². The molecule has 1 aliphatic rings. The van der Waals surface area contributed by atoms with Crippen LogP contribution >= 0.6 is 0 Å². The Labute approximate surface area is 106 Å². The van der Waals surface area contributed by atoms with Crippen LogP contribution in [0, 0.1) is 11.7 Å². The molecule has 0 aliphatic carbocycles. The van der Waals surface area contributed by atoms with Crippen LogP contribution in [0.4, 0.5) is 4.39 Å². The summed E-state index contributed by atoms with van der Waals surface area (Å²) in [6.45, 7) is 3.44. The minimum atomic E-state index is -0.804. The standard InChI is InChI=1S/C14H18FNO2/c1-10-8-13(11-4-2-3-5-12(11)15)16(9-10)7-6-14(17)18/h2-5,10,13H,6-9H2,1H3,(H,17,18). The van der Waals surface area contributed by atoms with Gasteiger partial charge in [-0.05, 0) is 18.4 Å². The average molecular weight is 251 g/mol. The number of halogens is 1. The maximum Gasteiger partial charge on any atom is 0.304 e. The molecule has 0 radical (unpaired) electrons. The van der Waals surface area contributed by atoms with Gasteiger partial charge in [0.1, 0.15) is 5.82 Å². The topological polar surface area (TPSA) is 40.5 Å². The lowest BCUT2D eigenvalue weighted by atomic mass is 10.0. The van der Waals surface area contributed by atoms with Gasteiger partial charge in [0.05, 0.1) is 6.42 Å². The van der Waals surface area contributed by atoms with E-state index in [0.717, 1.165) is 13.0 Å². The van der Waals surface area contributed by atoms with Crippen molar-refractivity contribution in [3.63, 3.8) is 0 Å². The molecule has 2 atom stereocenters. The first-order valence-corrected chi connectivity index (χ1v) is 6.28. The lowest BCUT2D eigenvalue weighted by Gasteiger charge is -2.24. The highest BCUT2D eigenvalue weighted by molar-refractivity contribution is 5.66. The van der Waals surface area contributed by atoms with Gasteiger partial charge in [0.25, 0.3) is 0 Å². The van der Waals surface area contributed by atoms with Gasteiger partial charge in [-0.15, -0.1) is 0 Å². The second kappa shape index (κ2) is 5.48. The smallest absolute Gasteiger partial charge is 0.304 e. The molecule has 4 heteroatoms. The molecule has 1 heterocycles. The van der Waals surface area contributed by atoms with Gasteiger partial charge < -0.3 is 5.11 Å². The minimum absolute atomic E-state index is 0.0144. The molecule has 3 nitrogen and oxygen atoms in total. The van der Waals surface area contributed by atoms with E-state index in [9.17, 15) is 9.18 Å². The number of carbonyl (C=O) groups is 1. The van der Waals surface area contributed by atoms with Gasteiger partial charge in [-0.25, -0.2) is 4.39 Å². The number of hydrogen-bond acceptors (Lipinski definition) is 2. The monoisotopic (exact) mass is 251 g/mol. The second-order valence-corrected chi connectivity index (χ2v) is 5.02. The van der Waals surface area contributed by atoms with Crippen LogP contribution in [0.3, 0.4) is 0 Å². The van der Waals surface area contributed by atoms with E-state index in [0.29, 0.717) is 18.0 Å². The Hall–Kier alpha value is -1.42. The van der Waals surface area contributed by atoms with Crippen molar-refractivity contribution in [2.24, 2.45) is 5.92 Å². The van der Waals surface area contributed by atoms with Crippen molar-refractivity contribution in [3.05, 3.63) is 35.6 Å². The van der Waals surface area contributed by atoms with Crippen molar-refractivity contribution in [1.82, 2.24) is 4.90 Å². The fraction of sp³-hybridized carbons (Fsp3) is 0.500. The molecular formula is C14H18FNO2. The molecule has 1 N–H and O–H groups in total. The van der Waals surface area contributed by atoms with Gasteiger partial charge in [-0.2, -0.15) is 0 Å². The summed E-state index contributed by atoms with van der Waals surface area (Å²) in [6, 6.07) is 6.79. The molecule has 0 spiro atoms. The Morgan fingerprint density at radius 2 is 2.22 bits per heavy atom. The van der Waals surface area contributed by atoms with E-state index in [4.69, 9.17) is 5.11 Å². The highest BCUT2D eigenvalue weighted by Gasteiger charge is 2.32. The molecule has 0 aromatic heterocycles. The van der Waals surface area contributed by atoms with E-state index < -0.39 is 5.97 Å². The molecule has 2 rings (SSSR count). The lowest BCUT2D eigenvalue weighted by molar-refractivity contribution is -0.137. The SMILES string of the molecule is CC1CC(c2ccccc2F)N(CCC(=O)O)C1. The second-order valence-electron chi connectivity index (χ2n) is 5.02. The van der Waals surface area contributed by atoms with Crippen molar-refractivity contribution < 1.29 is 14.3 Å². The lowest BCUT2D eigenvalue weighted by Crippen LogP contribution is -2.27. The molecule has 2 unspecified atom stereocenters. The largest absolute Gasteiger partial charge is 0.481 e. The average Bonchev–Trinajstić information content (AvgIpc) is 2.68. The van der Waals surface area contributed by atoms with Crippen LogP contribution in [0.25, 0.3) is 0 Å². The van der Waals surface area contributed by atoms with Crippen LogP contribution in [0.5, 0.6) is 0 Å². The third kappa shape index (κ3) is 2.88. The quantitative estimate of drug-likeness (QED) is 0.894.